The van der Waals surface area contributed by atoms with Gasteiger partial charge in [-0.05, 0) is 50.2 Å². The molecule has 1 heterocycles. The van der Waals surface area contributed by atoms with Gasteiger partial charge in [-0.3, -0.25) is 4.79 Å². The van der Waals surface area contributed by atoms with Crippen molar-refractivity contribution in [3.8, 4) is 0 Å². The number of sulfonamides is 1. The number of rotatable bonds is 6. The third-order valence-corrected chi connectivity index (χ3v) is 6.01. The fourth-order valence-electron chi connectivity index (χ4n) is 2.60. The van der Waals surface area contributed by atoms with Crippen LogP contribution in [0.25, 0.3) is 0 Å². The number of nitrogens with zero attached hydrogens (tertiary/aromatic N) is 3. The molecule has 0 unspecified atom stereocenters. The molecule has 23 heavy (non-hydrogen) atoms. The molecule has 1 amide bonds. The molecule has 1 aromatic rings. The summed E-state index contributed by atoms with van der Waals surface area (Å²) in [5.74, 6) is -0.0852. The highest BCUT2D eigenvalue weighted by Crippen LogP contribution is 2.15. The summed E-state index contributed by atoms with van der Waals surface area (Å²) >= 11 is 0. The third kappa shape index (κ3) is 4.31. The van der Waals surface area contributed by atoms with E-state index in [0.29, 0.717) is 12.1 Å². The van der Waals surface area contributed by atoms with E-state index in [4.69, 9.17) is 0 Å². The van der Waals surface area contributed by atoms with Gasteiger partial charge in [0.2, 0.25) is 10.0 Å². The van der Waals surface area contributed by atoms with Gasteiger partial charge in [0.25, 0.3) is 5.91 Å². The smallest absolute Gasteiger partial charge is 0.253 e. The van der Waals surface area contributed by atoms with Crippen molar-refractivity contribution >= 4 is 15.9 Å². The summed E-state index contributed by atoms with van der Waals surface area (Å²) in [6, 6.07) is 6.11. The Morgan fingerprint density at radius 2 is 1.65 bits per heavy atom. The Balaban J connectivity index is 1.99. The van der Waals surface area contributed by atoms with Crippen LogP contribution in [0, 0.1) is 0 Å². The highest BCUT2D eigenvalue weighted by atomic mass is 32.2. The third-order valence-electron chi connectivity index (χ3n) is 4.18. The van der Waals surface area contributed by atoms with Crippen LogP contribution in [-0.4, -0.2) is 75.8 Å². The lowest BCUT2D eigenvalue weighted by atomic mass is 10.2. The molecule has 2 rings (SSSR count). The van der Waals surface area contributed by atoms with E-state index in [0.717, 1.165) is 23.9 Å². The number of hydrogen-bond donors (Lipinski definition) is 0. The second-order valence-corrected chi connectivity index (χ2v) is 8.24. The highest BCUT2D eigenvalue weighted by Gasteiger charge is 2.19. The fourth-order valence-corrected chi connectivity index (χ4v) is 3.50. The van der Waals surface area contributed by atoms with Crippen molar-refractivity contribution in [1.82, 2.24) is 14.1 Å². The van der Waals surface area contributed by atoms with Gasteiger partial charge in [0.1, 0.15) is 0 Å². The molecular weight excluding hydrogens is 314 g/mol. The minimum atomic E-state index is -3.46. The van der Waals surface area contributed by atoms with Crippen LogP contribution in [0.2, 0.25) is 0 Å². The normalized spacial score (nSPS) is 16.0. The summed E-state index contributed by atoms with van der Waals surface area (Å²) in [5.41, 5.74) is 0.506. The molecule has 1 aliphatic rings. The largest absolute Gasteiger partial charge is 0.340 e. The van der Waals surface area contributed by atoms with E-state index in [9.17, 15) is 13.2 Å². The number of hydrogen-bond acceptors (Lipinski definition) is 4. The van der Waals surface area contributed by atoms with Crippen molar-refractivity contribution in [2.24, 2.45) is 0 Å². The van der Waals surface area contributed by atoms with Crippen molar-refractivity contribution in [1.29, 1.82) is 0 Å². The maximum Gasteiger partial charge on any atom is 0.253 e. The predicted octanol–water partition coefficient (Wildman–Crippen LogP) is 1.10. The van der Waals surface area contributed by atoms with Crippen LogP contribution < -0.4 is 0 Å². The molecule has 1 saturated heterocycles. The van der Waals surface area contributed by atoms with E-state index in [-0.39, 0.29) is 10.8 Å². The van der Waals surface area contributed by atoms with E-state index >= 15 is 0 Å². The number of carbonyl (C=O) groups is 1. The van der Waals surface area contributed by atoms with Crippen molar-refractivity contribution in [2.45, 2.75) is 17.7 Å². The second-order valence-electron chi connectivity index (χ2n) is 6.09. The first-order valence-corrected chi connectivity index (χ1v) is 9.27. The molecule has 0 aromatic heterocycles. The standard InChI is InChI=1S/C16H25N3O3S/c1-17(2)23(21,22)15-8-6-14(7-9-15)16(20)18(3)12-13-19-10-4-5-11-19/h6-9H,4-5,10-13H2,1-3H3. The Morgan fingerprint density at radius 1 is 1.09 bits per heavy atom. The number of carbonyl (C=O) groups excluding carboxylic acids is 1. The average molecular weight is 339 g/mol. The van der Waals surface area contributed by atoms with Crippen LogP contribution in [0.5, 0.6) is 0 Å². The van der Waals surface area contributed by atoms with Gasteiger partial charge in [0.05, 0.1) is 4.90 Å². The van der Waals surface area contributed by atoms with Crippen LogP contribution in [0.4, 0.5) is 0 Å². The molecular formula is C16H25N3O3S. The number of amides is 1. The van der Waals surface area contributed by atoms with E-state index in [1.807, 2.05) is 0 Å². The number of likely N-dealkylation sites (tertiary alicyclic amines) is 1. The maximum atomic E-state index is 12.4. The van der Waals surface area contributed by atoms with Gasteiger partial charge in [-0.15, -0.1) is 0 Å². The maximum absolute atomic E-state index is 12.4. The molecule has 128 valence electrons. The summed E-state index contributed by atoms with van der Waals surface area (Å²) < 4.78 is 25.2. The lowest BCUT2D eigenvalue weighted by Gasteiger charge is -2.21. The molecule has 0 spiro atoms. The van der Waals surface area contributed by atoms with Crippen LogP contribution in [0.3, 0.4) is 0 Å². The zero-order valence-corrected chi connectivity index (χ0v) is 14.8. The number of likely N-dealkylation sites (N-methyl/N-ethyl adjacent to an activating group) is 1. The van der Waals surface area contributed by atoms with Crippen molar-refractivity contribution < 1.29 is 13.2 Å². The Morgan fingerprint density at radius 3 is 2.17 bits per heavy atom. The van der Waals surface area contributed by atoms with Crippen LogP contribution >= 0.6 is 0 Å². The highest BCUT2D eigenvalue weighted by molar-refractivity contribution is 7.89. The topological polar surface area (TPSA) is 60.9 Å². The zero-order valence-electron chi connectivity index (χ0n) is 14.0. The van der Waals surface area contributed by atoms with Crippen molar-refractivity contribution in [3.05, 3.63) is 29.8 Å². The Kier molecular flexibility index (Phi) is 5.78. The summed E-state index contributed by atoms with van der Waals surface area (Å²) in [7, 11) is 1.29. The van der Waals surface area contributed by atoms with E-state index in [1.165, 1.54) is 39.1 Å². The lowest BCUT2D eigenvalue weighted by molar-refractivity contribution is 0.0782. The predicted molar refractivity (Wildman–Crippen MR) is 89.9 cm³/mol. The van der Waals surface area contributed by atoms with Gasteiger partial charge < -0.3 is 9.80 Å². The summed E-state index contributed by atoms with van der Waals surface area (Å²) in [5, 5.41) is 0. The van der Waals surface area contributed by atoms with E-state index in [2.05, 4.69) is 4.90 Å². The fraction of sp³-hybridized carbons (Fsp3) is 0.562. The summed E-state index contributed by atoms with van der Waals surface area (Å²) in [6.07, 6.45) is 2.47. The van der Waals surface area contributed by atoms with Gasteiger partial charge >= 0.3 is 0 Å². The SMILES string of the molecule is CN(CCN1CCCC1)C(=O)c1ccc(S(=O)(=O)N(C)C)cc1. The summed E-state index contributed by atoms with van der Waals surface area (Å²) in [6.45, 7) is 3.78. The van der Waals surface area contributed by atoms with Gasteiger partial charge in [-0.1, -0.05) is 0 Å². The molecule has 0 saturated carbocycles. The Hall–Kier alpha value is -1.44. The van der Waals surface area contributed by atoms with Crippen LogP contribution in [0.15, 0.2) is 29.2 Å². The second kappa shape index (κ2) is 7.42. The quantitative estimate of drug-likeness (QED) is 0.779. The molecule has 6 nitrogen and oxygen atoms in total. The average Bonchev–Trinajstić information content (AvgIpc) is 3.05. The zero-order chi connectivity index (χ0) is 17.0. The van der Waals surface area contributed by atoms with E-state index < -0.39 is 10.0 Å². The Bertz CT molecular complexity index is 635. The molecule has 1 fully saturated rings. The number of benzene rings is 1. The Labute approximate surface area is 138 Å². The molecule has 1 aliphatic heterocycles. The van der Waals surface area contributed by atoms with Crippen LogP contribution in [-0.2, 0) is 10.0 Å². The van der Waals surface area contributed by atoms with Gasteiger partial charge in [-0.25, -0.2) is 12.7 Å². The van der Waals surface area contributed by atoms with Crippen molar-refractivity contribution in [2.75, 3.05) is 47.3 Å². The first-order valence-electron chi connectivity index (χ1n) is 7.83. The summed E-state index contributed by atoms with van der Waals surface area (Å²) in [4.78, 5) is 16.6. The van der Waals surface area contributed by atoms with Gasteiger partial charge in [0.15, 0.2) is 0 Å². The minimum Gasteiger partial charge on any atom is -0.340 e. The minimum absolute atomic E-state index is 0.0852. The molecule has 0 aliphatic carbocycles. The first-order chi connectivity index (χ1) is 10.8. The molecule has 1 aromatic carbocycles. The van der Waals surface area contributed by atoms with Gasteiger partial charge in [-0.2, -0.15) is 0 Å². The molecule has 0 N–H and O–H groups in total. The molecule has 7 heteroatoms. The monoisotopic (exact) mass is 339 g/mol. The first kappa shape index (κ1) is 17.9. The van der Waals surface area contributed by atoms with E-state index in [1.54, 1.807) is 24.1 Å². The van der Waals surface area contributed by atoms with Gasteiger partial charge in [0, 0.05) is 39.8 Å². The molecule has 0 bridgehead atoms. The molecule has 0 atom stereocenters. The lowest BCUT2D eigenvalue weighted by Crippen LogP contribution is -2.35. The van der Waals surface area contributed by atoms with Crippen molar-refractivity contribution in [3.63, 3.8) is 0 Å². The molecule has 0 radical (unpaired) electrons. The van der Waals surface area contributed by atoms with Crippen LogP contribution in [0.1, 0.15) is 23.2 Å².